The van der Waals surface area contributed by atoms with Crippen molar-refractivity contribution < 1.29 is 9.90 Å². The lowest BCUT2D eigenvalue weighted by atomic mass is 9.93. The standard InChI is InChI=1S/C13H18ClN3O2/c1-15-11-7-6-10(14)12(17-11)13(19)16-8-2-4-9(18)5-3-8/h6-9,18H,2-5H2,1H3,(H,15,17)(H,16,19). The molecule has 0 atom stereocenters. The van der Waals surface area contributed by atoms with Crippen LogP contribution >= 0.6 is 11.6 Å². The minimum absolute atomic E-state index is 0.0898. The average Bonchev–Trinajstić information content (AvgIpc) is 2.42. The van der Waals surface area contributed by atoms with Crippen LogP contribution in [0.25, 0.3) is 0 Å². The zero-order valence-corrected chi connectivity index (χ0v) is 11.6. The van der Waals surface area contributed by atoms with Gasteiger partial charge in [0.25, 0.3) is 5.91 Å². The highest BCUT2D eigenvalue weighted by Crippen LogP contribution is 2.20. The summed E-state index contributed by atoms with van der Waals surface area (Å²) in [6.07, 6.45) is 2.79. The highest BCUT2D eigenvalue weighted by atomic mass is 35.5. The van der Waals surface area contributed by atoms with Crippen molar-refractivity contribution in [3.05, 3.63) is 22.8 Å². The lowest BCUT2D eigenvalue weighted by molar-refractivity contribution is 0.0863. The number of hydrogen-bond donors (Lipinski definition) is 3. The predicted molar refractivity (Wildman–Crippen MR) is 74.5 cm³/mol. The first-order chi connectivity index (χ1) is 9.10. The van der Waals surface area contributed by atoms with E-state index in [0.29, 0.717) is 10.8 Å². The molecule has 1 saturated carbocycles. The lowest BCUT2D eigenvalue weighted by Gasteiger charge is -2.26. The second-order valence-electron chi connectivity index (χ2n) is 4.76. The molecule has 6 heteroatoms. The van der Waals surface area contributed by atoms with Crippen molar-refractivity contribution in [2.75, 3.05) is 12.4 Å². The van der Waals surface area contributed by atoms with Gasteiger partial charge in [-0.05, 0) is 37.8 Å². The zero-order valence-electron chi connectivity index (χ0n) is 10.8. The predicted octanol–water partition coefficient (Wildman–Crippen LogP) is 1.81. The van der Waals surface area contributed by atoms with E-state index in [-0.39, 0.29) is 23.7 Å². The fourth-order valence-corrected chi connectivity index (χ4v) is 2.41. The molecule has 0 bridgehead atoms. The minimum atomic E-state index is -0.261. The van der Waals surface area contributed by atoms with Gasteiger partial charge in [0.15, 0.2) is 0 Å². The summed E-state index contributed by atoms with van der Waals surface area (Å²) in [5.41, 5.74) is 0.236. The molecular weight excluding hydrogens is 266 g/mol. The van der Waals surface area contributed by atoms with Crippen LogP contribution in [0.2, 0.25) is 5.02 Å². The summed E-state index contributed by atoms with van der Waals surface area (Å²) in [6.45, 7) is 0. The van der Waals surface area contributed by atoms with Crippen LogP contribution in [0.1, 0.15) is 36.2 Å². The summed E-state index contributed by atoms with van der Waals surface area (Å²) in [5, 5.41) is 15.6. The number of carbonyl (C=O) groups excluding carboxylic acids is 1. The van der Waals surface area contributed by atoms with E-state index in [4.69, 9.17) is 11.6 Å². The fourth-order valence-electron chi connectivity index (χ4n) is 2.21. The molecule has 1 fully saturated rings. The van der Waals surface area contributed by atoms with Crippen LogP contribution < -0.4 is 10.6 Å². The molecule has 1 heterocycles. The molecule has 0 spiro atoms. The van der Waals surface area contributed by atoms with Gasteiger partial charge in [0.2, 0.25) is 0 Å². The van der Waals surface area contributed by atoms with E-state index < -0.39 is 0 Å². The molecule has 1 aromatic heterocycles. The number of anilines is 1. The van der Waals surface area contributed by atoms with Gasteiger partial charge in [0, 0.05) is 13.1 Å². The van der Waals surface area contributed by atoms with Gasteiger partial charge >= 0.3 is 0 Å². The Morgan fingerprint density at radius 3 is 2.68 bits per heavy atom. The molecular formula is C13H18ClN3O2. The van der Waals surface area contributed by atoms with Crippen molar-refractivity contribution >= 4 is 23.3 Å². The number of hydrogen-bond acceptors (Lipinski definition) is 4. The molecule has 0 radical (unpaired) electrons. The first kappa shape index (κ1) is 14.1. The van der Waals surface area contributed by atoms with Crippen LogP contribution in [-0.4, -0.2) is 35.2 Å². The van der Waals surface area contributed by atoms with Gasteiger partial charge in [-0.1, -0.05) is 11.6 Å². The van der Waals surface area contributed by atoms with Crippen molar-refractivity contribution in [2.45, 2.75) is 37.8 Å². The molecule has 104 valence electrons. The number of amides is 1. The molecule has 3 N–H and O–H groups in total. The van der Waals surface area contributed by atoms with Gasteiger partial charge in [-0.25, -0.2) is 4.98 Å². The maximum atomic E-state index is 12.1. The number of rotatable bonds is 3. The molecule has 0 aromatic carbocycles. The number of aliphatic hydroxyl groups excluding tert-OH is 1. The number of nitrogens with one attached hydrogen (secondary N) is 2. The third kappa shape index (κ3) is 3.58. The number of aromatic nitrogens is 1. The van der Waals surface area contributed by atoms with E-state index in [2.05, 4.69) is 15.6 Å². The molecule has 19 heavy (non-hydrogen) atoms. The molecule has 1 amide bonds. The van der Waals surface area contributed by atoms with Crippen molar-refractivity contribution in [3.63, 3.8) is 0 Å². The molecule has 1 aromatic rings. The third-order valence-corrected chi connectivity index (χ3v) is 3.65. The Labute approximate surface area is 117 Å². The van der Waals surface area contributed by atoms with Gasteiger partial charge < -0.3 is 15.7 Å². The van der Waals surface area contributed by atoms with Gasteiger partial charge in [-0.2, -0.15) is 0 Å². The third-order valence-electron chi connectivity index (χ3n) is 3.35. The fraction of sp³-hybridized carbons (Fsp3) is 0.538. The molecule has 5 nitrogen and oxygen atoms in total. The number of aliphatic hydroxyl groups is 1. The van der Waals surface area contributed by atoms with Crippen LogP contribution in [0.3, 0.4) is 0 Å². The summed E-state index contributed by atoms with van der Waals surface area (Å²) >= 11 is 6.00. The Kier molecular flexibility index (Phi) is 4.61. The first-order valence-corrected chi connectivity index (χ1v) is 6.81. The summed E-state index contributed by atoms with van der Waals surface area (Å²) < 4.78 is 0. The Morgan fingerprint density at radius 1 is 1.37 bits per heavy atom. The average molecular weight is 284 g/mol. The van der Waals surface area contributed by atoms with Gasteiger partial charge in [-0.15, -0.1) is 0 Å². The smallest absolute Gasteiger partial charge is 0.271 e. The quantitative estimate of drug-likeness (QED) is 0.791. The monoisotopic (exact) mass is 283 g/mol. The molecule has 1 aliphatic carbocycles. The van der Waals surface area contributed by atoms with Crippen molar-refractivity contribution in [1.82, 2.24) is 10.3 Å². The summed E-state index contributed by atoms with van der Waals surface area (Å²) in [5.74, 6) is 0.345. The summed E-state index contributed by atoms with van der Waals surface area (Å²) in [6, 6.07) is 3.46. The second kappa shape index (κ2) is 6.21. The number of pyridine rings is 1. The van der Waals surface area contributed by atoms with Crippen molar-refractivity contribution in [3.8, 4) is 0 Å². The van der Waals surface area contributed by atoms with E-state index >= 15 is 0 Å². The van der Waals surface area contributed by atoms with Gasteiger partial charge in [-0.3, -0.25) is 4.79 Å². The van der Waals surface area contributed by atoms with Crippen LogP contribution in [0.4, 0.5) is 5.82 Å². The molecule has 0 aliphatic heterocycles. The SMILES string of the molecule is CNc1ccc(Cl)c(C(=O)NC2CCC(O)CC2)n1. The van der Waals surface area contributed by atoms with Gasteiger partial charge in [0.1, 0.15) is 11.5 Å². The Morgan fingerprint density at radius 2 is 2.05 bits per heavy atom. The normalized spacial score (nSPS) is 22.9. The van der Waals surface area contributed by atoms with E-state index in [9.17, 15) is 9.90 Å². The van der Waals surface area contributed by atoms with Crippen LogP contribution in [-0.2, 0) is 0 Å². The Hall–Kier alpha value is -1.33. The summed E-state index contributed by atoms with van der Waals surface area (Å²) in [7, 11) is 1.74. The summed E-state index contributed by atoms with van der Waals surface area (Å²) in [4.78, 5) is 16.3. The maximum absolute atomic E-state index is 12.1. The molecule has 2 rings (SSSR count). The number of carbonyl (C=O) groups is 1. The van der Waals surface area contributed by atoms with Crippen LogP contribution in [0.5, 0.6) is 0 Å². The van der Waals surface area contributed by atoms with E-state index in [0.717, 1.165) is 25.7 Å². The molecule has 1 aliphatic rings. The Bertz CT molecular complexity index is 459. The lowest BCUT2D eigenvalue weighted by Crippen LogP contribution is -2.39. The first-order valence-electron chi connectivity index (χ1n) is 6.43. The van der Waals surface area contributed by atoms with E-state index in [1.54, 1.807) is 19.2 Å². The molecule has 0 unspecified atom stereocenters. The van der Waals surface area contributed by atoms with Crippen LogP contribution in [0.15, 0.2) is 12.1 Å². The topological polar surface area (TPSA) is 74.2 Å². The largest absolute Gasteiger partial charge is 0.393 e. The number of nitrogens with zero attached hydrogens (tertiary/aromatic N) is 1. The maximum Gasteiger partial charge on any atom is 0.271 e. The highest BCUT2D eigenvalue weighted by molar-refractivity contribution is 6.33. The van der Waals surface area contributed by atoms with Crippen molar-refractivity contribution in [1.29, 1.82) is 0 Å². The van der Waals surface area contributed by atoms with E-state index in [1.165, 1.54) is 0 Å². The van der Waals surface area contributed by atoms with Crippen molar-refractivity contribution in [2.24, 2.45) is 0 Å². The zero-order chi connectivity index (χ0) is 13.8. The van der Waals surface area contributed by atoms with E-state index in [1.807, 2.05) is 0 Å². The van der Waals surface area contributed by atoms with Gasteiger partial charge in [0.05, 0.1) is 11.1 Å². The number of halogens is 1. The highest BCUT2D eigenvalue weighted by Gasteiger charge is 2.22. The van der Waals surface area contributed by atoms with Crippen LogP contribution in [0, 0.1) is 0 Å². The minimum Gasteiger partial charge on any atom is -0.393 e. The second-order valence-corrected chi connectivity index (χ2v) is 5.16. The Balaban J connectivity index is 2.03. The molecule has 0 saturated heterocycles.